The van der Waals surface area contributed by atoms with E-state index < -0.39 is 0 Å². The van der Waals surface area contributed by atoms with Gasteiger partial charge in [-0.3, -0.25) is 9.59 Å². The third kappa shape index (κ3) is 5.38. The van der Waals surface area contributed by atoms with Crippen LogP contribution in [-0.4, -0.2) is 34.0 Å². The van der Waals surface area contributed by atoms with Crippen LogP contribution < -0.4 is 10.1 Å². The van der Waals surface area contributed by atoms with Crippen molar-refractivity contribution in [2.45, 2.75) is 13.2 Å². The molecule has 0 aliphatic carbocycles. The standard InChI is InChI=1S/C23H20N4O4S/c1-27(14-19-8-5-13-30-19)23(29)16-9-11-17(12-10-16)24-21(28)22-26-25-20(32-22)15-31-18-6-3-2-4-7-18/h2-13H,14-15H2,1H3,(H,24,28). The first-order valence-corrected chi connectivity index (χ1v) is 10.6. The molecule has 2 aromatic carbocycles. The van der Waals surface area contributed by atoms with E-state index in [1.165, 1.54) is 0 Å². The fraction of sp³-hybridized carbons (Fsp3) is 0.130. The lowest BCUT2D eigenvalue weighted by Crippen LogP contribution is -2.26. The van der Waals surface area contributed by atoms with Crippen molar-refractivity contribution in [2.24, 2.45) is 0 Å². The van der Waals surface area contributed by atoms with Crippen LogP contribution in [0, 0.1) is 0 Å². The van der Waals surface area contributed by atoms with Gasteiger partial charge in [0.05, 0.1) is 12.8 Å². The van der Waals surface area contributed by atoms with Crippen LogP contribution in [0.5, 0.6) is 5.75 Å². The highest BCUT2D eigenvalue weighted by Crippen LogP contribution is 2.17. The van der Waals surface area contributed by atoms with E-state index >= 15 is 0 Å². The molecule has 0 atom stereocenters. The predicted molar refractivity (Wildman–Crippen MR) is 120 cm³/mol. The summed E-state index contributed by atoms with van der Waals surface area (Å²) in [5, 5.41) is 11.5. The maximum Gasteiger partial charge on any atom is 0.286 e. The average Bonchev–Trinajstić information content (AvgIpc) is 3.51. The number of amides is 2. The third-order valence-electron chi connectivity index (χ3n) is 4.48. The van der Waals surface area contributed by atoms with E-state index in [1.54, 1.807) is 48.5 Å². The average molecular weight is 449 g/mol. The smallest absolute Gasteiger partial charge is 0.286 e. The molecule has 0 unspecified atom stereocenters. The summed E-state index contributed by atoms with van der Waals surface area (Å²) in [4.78, 5) is 26.6. The molecule has 1 N–H and O–H groups in total. The summed E-state index contributed by atoms with van der Waals surface area (Å²) in [6.45, 7) is 0.606. The first-order valence-electron chi connectivity index (χ1n) is 9.78. The Morgan fingerprint density at radius 1 is 1.03 bits per heavy atom. The molecule has 4 rings (SSSR count). The lowest BCUT2D eigenvalue weighted by Gasteiger charge is -2.16. The van der Waals surface area contributed by atoms with Crippen molar-refractivity contribution in [2.75, 3.05) is 12.4 Å². The van der Waals surface area contributed by atoms with Gasteiger partial charge < -0.3 is 19.4 Å². The van der Waals surface area contributed by atoms with Gasteiger partial charge in [-0.1, -0.05) is 29.5 Å². The third-order valence-corrected chi connectivity index (χ3v) is 5.37. The lowest BCUT2D eigenvalue weighted by atomic mass is 10.2. The van der Waals surface area contributed by atoms with Crippen molar-refractivity contribution in [1.29, 1.82) is 0 Å². The zero-order valence-corrected chi connectivity index (χ0v) is 18.0. The van der Waals surface area contributed by atoms with Gasteiger partial charge in [0.2, 0.25) is 5.01 Å². The van der Waals surface area contributed by atoms with Gasteiger partial charge in [0.15, 0.2) is 5.01 Å². The van der Waals surface area contributed by atoms with Crippen LogP contribution in [0.1, 0.15) is 30.9 Å². The van der Waals surface area contributed by atoms with Crippen LogP contribution in [0.15, 0.2) is 77.4 Å². The fourth-order valence-corrected chi connectivity index (χ4v) is 3.52. The minimum atomic E-state index is -0.373. The highest BCUT2D eigenvalue weighted by Gasteiger charge is 2.16. The van der Waals surface area contributed by atoms with Crippen molar-refractivity contribution in [3.8, 4) is 5.75 Å². The number of para-hydroxylation sites is 1. The van der Waals surface area contributed by atoms with Crippen LogP contribution >= 0.6 is 11.3 Å². The van der Waals surface area contributed by atoms with Crippen molar-refractivity contribution in [3.63, 3.8) is 0 Å². The molecular weight excluding hydrogens is 428 g/mol. The monoisotopic (exact) mass is 448 g/mol. The van der Waals surface area contributed by atoms with Crippen LogP contribution in [-0.2, 0) is 13.2 Å². The van der Waals surface area contributed by atoms with Crippen LogP contribution in [0.25, 0.3) is 0 Å². The number of furan rings is 1. The van der Waals surface area contributed by atoms with Crippen molar-refractivity contribution in [3.05, 3.63) is 94.3 Å². The summed E-state index contributed by atoms with van der Waals surface area (Å²) < 4.78 is 10.9. The highest BCUT2D eigenvalue weighted by molar-refractivity contribution is 7.13. The predicted octanol–water partition coefficient (Wildman–Crippen LogP) is 4.23. The molecule has 32 heavy (non-hydrogen) atoms. The number of rotatable bonds is 8. The van der Waals surface area contributed by atoms with Gasteiger partial charge in [-0.2, -0.15) is 0 Å². The SMILES string of the molecule is CN(Cc1ccco1)C(=O)c1ccc(NC(=O)c2nnc(COc3ccccc3)s2)cc1. The van der Waals surface area contributed by atoms with Gasteiger partial charge in [-0.15, -0.1) is 10.2 Å². The Kier molecular flexibility index (Phi) is 6.57. The van der Waals surface area contributed by atoms with E-state index in [-0.39, 0.29) is 23.4 Å². The van der Waals surface area contributed by atoms with Gasteiger partial charge >= 0.3 is 0 Å². The number of aromatic nitrogens is 2. The number of carbonyl (C=O) groups is 2. The maximum atomic E-state index is 12.6. The molecule has 0 aliphatic heterocycles. The van der Waals surface area contributed by atoms with Gasteiger partial charge in [0, 0.05) is 18.3 Å². The van der Waals surface area contributed by atoms with E-state index in [0.717, 1.165) is 17.1 Å². The van der Waals surface area contributed by atoms with Crippen LogP contribution in [0.4, 0.5) is 5.69 Å². The number of hydrogen-bond acceptors (Lipinski definition) is 7. The molecular formula is C23H20N4O4S. The Hall–Kier alpha value is -3.98. The highest BCUT2D eigenvalue weighted by atomic mass is 32.1. The minimum absolute atomic E-state index is 0.147. The first-order chi connectivity index (χ1) is 15.6. The minimum Gasteiger partial charge on any atom is -0.486 e. The summed E-state index contributed by atoms with van der Waals surface area (Å²) in [5.41, 5.74) is 1.06. The summed E-state index contributed by atoms with van der Waals surface area (Å²) >= 11 is 1.16. The molecule has 162 valence electrons. The second-order valence-corrected chi connectivity index (χ2v) is 7.94. The van der Waals surface area contributed by atoms with E-state index in [1.807, 2.05) is 36.4 Å². The molecule has 2 heterocycles. The Labute approximate surface area is 188 Å². The molecule has 9 heteroatoms. The molecule has 8 nitrogen and oxygen atoms in total. The number of benzene rings is 2. The number of hydrogen-bond donors (Lipinski definition) is 1. The Bertz CT molecular complexity index is 1170. The molecule has 0 radical (unpaired) electrons. The molecule has 0 spiro atoms. The molecule has 0 bridgehead atoms. The Balaban J connectivity index is 1.31. The molecule has 2 aromatic heterocycles. The van der Waals surface area contributed by atoms with Crippen molar-refractivity contribution < 1.29 is 18.7 Å². The lowest BCUT2D eigenvalue weighted by molar-refractivity contribution is 0.0775. The van der Waals surface area contributed by atoms with Crippen molar-refractivity contribution >= 4 is 28.8 Å². The van der Waals surface area contributed by atoms with Gasteiger partial charge in [0.25, 0.3) is 11.8 Å². The zero-order chi connectivity index (χ0) is 22.3. The number of nitrogens with one attached hydrogen (secondary N) is 1. The molecule has 2 amide bonds. The number of anilines is 1. The number of carbonyl (C=O) groups excluding carboxylic acids is 2. The van der Waals surface area contributed by atoms with Gasteiger partial charge in [-0.25, -0.2) is 0 Å². The van der Waals surface area contributed by atoms with E-state index in [4.69, 9.17) is 9.15 Å². The topological polar surface area (TPSA) is 97.6 Å². The second kappa shape index (κ2) is 9.88. The fourth-order valence-electron chi connectivity index (χ4n) is 2.87. The molecule has 0 fully saturated rings. The number of ether oxygens (including phenoxy) is 1. The number of nitrogens with zero attached hydrogens (tertiary/aromatic N) is 3. The van der Waals surface area contributed by atoms with Crippen LogP contribution in [0.3, 0.4) is 0 Å². The summed E-state index contributed by atoms with van der Waals surface area (Å²) in [6.07, 6.45) is 1.57. The molecule has 0 saturated carbocycles. The second-order valence-electron chi connectivity index (χ2n) is 6.87. The van der Waals surface area contributed by atoms with E-state index in [9.17, 15) is 9.59 Å². The summed E-state index contributed by atoms with van der Waals surface area (Å²) in [7, 11) is 1.70. The van der Waals surface area contributed by atoms with Crippen molar-refractivity contribution in [1.82, 2.24) is 15.1 Å². The zero-order valence-electron chi connectivity index (χ0n) is 17.2. The maximum absolute atomic E-state index is 12.6. The summed E-state index contributed by atoms with van der Waals surface area (Å²) in [6, 6.07) is 19.6. The van der Waals surface area contributed by atoms with Gasteiger partial charge in [0.1, 0.15) is 18.1 Å². The van der Waals surface area contributed by atoms with Crippen LogP contribution in [0.2, 0.25) is 0 Å². The van der Waals surface area contributed by atoms with Gasteiger partial charge in [-0.05, 0) is 48.5 Å². The normalized spacial score (nSPS) is 10.5. The van der Waals surface area contributed by atoms with E-state index in [0.29, 0.717) is 28.6 Å². The quantitative estimate of drug-likeness (QED) is 0.433. The van der Waals surface area contributed by atoms with E-state index in [2.05, 4.69) is 15.5 Å². The largest absolute Gasteiger partial charge is 0.486 e. The molecule has 0 aliphatic rings. The summed E-state index contributed by atoms with van der Waals surface area (Å²) in [5.74, 6) is 0.905. The first kappa shape index (κ1) is 21.3. The molecule has 4 aromatic rings. The Morgan fingerprint density at radius 2 is 1.81 bits per heavy atom. The molecule has 0 saturated heterocycles. The Morgan fingerprint density at radius 3 is 2.53 bits per heavy atom.